The van der Waals surface area contributed by atoms with E-state index in [-0.39, 0.29) is 90.3 Å². The van der Waals surface area contributed by atoms with E-state index in [1.807, 2.05) is 0 Å². The fourth-order valence-electron chi connectivity index (χ4n) is 16.8. The monoisotopic (exact) mass is 1510 g/mol. The summed E-state index contributed by atoms with van der Waals surface area (Å²) in [7, 11) is 10.6. The first kappa shape index (κ1) is 85.8. The molecule has 0 aromatic rings. The molecule has 2 bridgehead atoms. The van der Waals surface area contributed by atoms with Gasteiger partial charge in [-0.2, -0.15) is 26.3 Å². The van der Waals surface area contributed by atoms with Crippen LogP contribution in [0.5, 0.6) is 0 Å². The van der Waals surface area contributed by atoms with Gasteiger partial charge in [0, 0.05) is 88.9 Å². The van der Waals surface area contributed by atoms with E-state index < -0.39 is 236 Å². The number of nitrogens with zero attached hydrogens (tertiary/aromatic N) is 9. The zero-order valence-corrected chi connectivity index (χ0v) is 63.0. The number of hydrogen-bond donors (Lipinski definition) is 3. The summed E-state index contributed by atoms with van der Waals surface area (Å²) < 4.78 is 121. The summed E-state index contributed by atoms with van der Waals surface area (Å²) in [6, 6.07) is -11.6. The van der Waals surface area contributed by atoms with Gasteiger partial charge in [-0.25, -0.2) is 8.78 Å². The minimum absolute atomic E-state index is 0.00116. The van der Waals surface area contributed by atoms with Gasteiger partial charge in [0.15, 0.2) is 0 Å². The molecule has 3 heterocycles. The molecule has 7 rings (SSSR count). The number of carbonyl (C=O) groups is 12. The van der Waals surface area contributed by atoms with Crippen LogP contribution < -0.4 is 16.0 Å². The molecule has 7 fully saturated rings. The van der Waals surface area contributed by atoms with Crippen molar-refractivity contribution in [3.05, 3.63) is 0 Å². The second-order valence-corrected chi connectivity index (χ2v) is 30.9. The largest absolute Gasteiger partial charge is 0.397 e. The predicted molar refractivity (Wildman–Crippen MR) is 371 cm³/mol. The maximum atomic E-state index is 15.5. The van der Waals surface area contributed by atoms with E-state index in [1.165, 1.54) is 71.1 Å². The quantitative estimate of drug-likeness (QED) is 0.168. The summed E-state index contributed by atoms with van der Waals surface area (Å²) in [6.07, 6.45) is -10.8. The molecule has 1 spiro atoms. The molecule has 4 aliphatic carbocycles. The van der Waals surface area contributed by atoms with Crippen LogP contribution in [-0.4, -0.2) is 289 Å². The molecule has 12 atom stereocenters. The Labute approximate surface area is 616 Å². The van der Waals surface area contributed by atoms with E-state index in [9.17, 15) is 55.1 Å². The third-order valence-corrected chi connectivity index (χ3v) is 23.6. The Morgan fingerprint density at radius 2 is 1.25 bits per heavy atom. The molecule has 0 aromatic carbocycles. The van der Waals surface area contributed by atoms with Crippen molar-refractivity contribution >= 4 is 70.9 Å². The van der Waals surface area contributed by atoms with Crippen LogP contribution in [0.15, 0.2) is 0 Å². The Kier molecular flexibility index (Phi) is 29.7. The third-order valence-electron chi connectivity index (χ3n) is 23.6. The van der Waals surface area contributed by atoms with E-state index in [0.717, 1.165) is 29.4 Å². The second-order valence-electron chi connectivity index (χ2n) is 30.9. The number of likely N-dealkylation sites (N-methyl/N-ethyl adjacent to an activating group) is 7. The van der Waals surface area contributed by atoms with Gasteiger partial charge in [-0.15, -0.1) is 12.3 Å². The number of terminal acetylenes is 1. The van der Waals surface area contributed by atoms with Crippen molar-refractivity contribution in [2.75, 3.05) is 89.2 Å². The zero-order chi connectivity index (χ0) is 78.8. The Morgan fingerprint density at radius 1 is 0.642 bits per heavy atom. The lowest BCUT2D eigenvalue weighted by atomic mass is 9.74. The Morgan fingerprint density at radius 3 is 1.81 bits per heavy atom. The van der Waals surface area contributed by atoms with Gasteiger partial charge in [0.2, 0.25) is 70.9 Å². The van der Waals surface area contributed by atoms with Gasteiger partial charge < -0.3 is 64.8 Å². The Bertz CT molecular complexity index is 3200. The van der Waals surface area contributed by atoms with Crippen molar-refractivity contribution in [3.63, 3.8) is 0 Å². The van der Waals surface area contributed by atoms with Crippen molar-refractivity contribution < 1.29 is 97.4 Å². The normalized spacial score (nSPS) is 31.9. The molecular formula is C73H110F8N12O13. The fourth-order valence-corrected chi connectivity index (χ4v) is 16.8. The van der Waals surface area contributed by atoms with Gasteiger partial charge in [-0.1, -0.05) is 33.1 Å². The molecule has 0 radical (unpaired) electrons. The lowest BCUT2D eigenvalue weighted by molar-refractivity contribution is -0.219. The van der Waals surface area contributed by atoms with Gasteiger partial charge in [0.1, 0.15) is 72.1 Å². The highest BCUT2D eigenvalue weighted by Gasteiger charge is 2.56. The van der Waals surface area contributed by atoms with Crippen LogP contribution in [0.3, 0.4) is 0 Å². The summed E-state index contributed by atoms with van der Waals surface area (Å²) >= 11 is 0. The SMILES string of the molecule is C#CC[C@H]1C(=O)N[C@@H]([C@@H](C)CC)C(=O)N(C)CC(=O)N(C)[C@H]2CCCCN(C2=O)[C@@H](CC2CCC(C(F)(F)F)CC2)C(=O)N(C)CC(=O)N[C@@H](CCC2CC(F)C(C(F)(F)F)C(F)C2)C(=O)N2C[C@H](OCC)C[C@H]2C(=O)NC2(CCC2)C(=O)N(C)[C@@H](C2CCCC2)C(=O)N(C)[C@H](C(=O)N(C)C)CC(=O)N1C. The molecule has 25 nitrogen and oxygen atoms in total. The number of amides is 12. The maximum absolute atomic E-state index is 15.5. The minimum atomic E-state index is -5.22. The number of ether oxygens (including phenoxy) is 1. The van der Waals surface area contributed by atoms with E-state index >= 15 is 37.5 Å². The number of halogens is 8. The molecule has 2 unspecified atom stereocenters. The highest BCUT2D eigenvalue weighted by molar-refractivity contribution is 6.01. The highest BCUT2D eigenvalue weighted by Crippen LogP contribution is 2.46. The van der Waals surface area contributed by atoms with Crippen molar-refractivity contribution in [1.82, 2.24) is 60.0 Å². The second kappa shape index (κ2) is 36.7. The molecule has 3 aliphatic heterocycles. The van der Waals surface area contributed by atoms with Crippen LogP contribution in [0.1, 0.15) is 168 Å². The summed E-state index contributed by atoms with van der Waals surface area (Å²) in [6.45, 7) is 3.23. The molecular weight excluding hydrogens is 1400 g/mol. The number of carbonyl (C=O) groups excluding carboxylic acids is 12. The Balaban J connectivity index is 1.31. The lowest BCUT2D eigenvalue weighted by Crippen LogP contribution is -2.68. The van der Waals surface area contributed by atoms with Crippen molar-refractivity contribution in [3.8, 4) is 12.3 Å². The average molecular weight is 1520 g/mol. The molecule has 33 heteroatoms. The van der Waals surface area contributed by atoms with E-state index in [2.05, 4.69) is 21.9 Å². The number of hydrogen-bond acceptors (Lipinski definition) is 13. The molecule has 106 heavy (non-hydrogen) atoms. The topological polar surface area (TPSA) is 279 Å². The summed E-state index contributed by atoms with van der Waals surface area (Å²) in [5.74, 6) is -14.7. The maximum Gasteiger partial charge on any atom is 0.397 e. The minimum Gasteiger partial charge on any atom is -0.377 e. The predicted octanol–water partition coefficient (Wildman–Crippen LogP) is 5.16. The zero-order valence-electron chi connectivity index (χ0n) is 63.0. The number of nitrogens with one attached hydrogen (secondary N) is 3. The molecule has 7 aliphatic rings. The lowest BCUT2D eigenvalue weighted by Gasteiger charge is -2.46. The molecule has 0 aromatic heterocycles. The van der Waals surface area contributed by atoms with Crippen molar-refractivity contribution in [2.45, 2.75) is 253 Å². The van der Waals surface area contributed by atoms with Gasteiger partial charge in [0.25, 0.3) is 0 Å². The average Bonchev–Trinajstić information content (AvgIpc) is 0.821. The van der Waals surface area contributed by atoms with E-state index in [0.29, 0.717) is 44.9 Å². The van der Waals surface area contributed by atoms with Crippen LogP contribution in [0.2, 0.25) is 0 Å². The van der Waals surface area contributed by atoms with Crippen LogP contribution >= 0.6 is 0 Å². The number of rotatable bonds is 12. The fraction of sp³-hybridized carbons (Fsp3) is 0.808. The van der Waals surface area contributed by atoms with Crippen LogP contribution in [0.4, 0.5) is 35.1 Å². The first-order valence-corrected chi connectivity index (χ1v) is 37.5. The first-order valence-electron chi connectivity index (χ1n) is 37.5. The van der Waals surface area contributed by atoms with Gasteiger partial charge in [-0.3, -0.25) is 57.5 Å². The van der Waals surface area contributed by atoms with Gasteiger partial charge in [0.05, 0.1) is 31.5 Å². The third kappa shape index (κ3) is 20.3. The van der Waals surface area contributed by atoms with Crippen LogP contribution in [0.25, 0.3) is 0 Å². The van der Waals surface area contributed by atoms with Crippen molar-refractivity contribution in [2.24, 2.45) is 35.5 Å². The van der Waals surface area contributed by atoms with Crippen LogP contribution in [0, 0.1) is 47.9 Å². The number of alkyl halides is 8. The summed E-state index contributed by atoms with van der Waals surface area (Å²) in [4.78, 5) is 190. The standard InChI is InChI=1S/C73H110F8N12O13/c1-13-21-51-62(97)83-60(42(4)14-2)68(103)87(8)41-58(96)89(10)52-24-18-19-33-92(67(52)102)55(36-43-25-28-46(29-26-43)72(76,77)78)66(101)86(7)40-56(94)82-50(30-27-44-34-48(74)59(49(75)35-44)73(79,80)81)64(99)93-39-47(106-15-3)37-53(93)63(98)84-71(31-20-32-71)70(105)91(12)61(45-22-16-17-23-45)69(104)90(11)54(65(100)85(5)6)38-57(95)88(51)9/h1,42-55,59-61H,14-41H2,2-12H3,(H,82,94)(H,83,97)(H,84,98)/t42-,43?,44?,46?,47+,48?,49?,50-,51-,52-,53-,54-,55-,59?,60-,61-/m0/s1. The first-order chi connectivity index (χ1) is 49.7. The van der Waals surface area contributed by atoms with Crippen molar-refractivity contribution in [1.29, 1.82) is 0 Å². The summed E-state index contributed by atoms with van der Waals surface area (Å²) in [5.41, 5.74) is -1.70. The van der Waals surface area contributed by atoms with Gasteiger partial charge >= 0.3 is 12.4 Å². The summed E-state index contributed by atoms with van der Waals surface area (Å²) in [5, 5.41) is 8.27. The molecule has 596 valence electrons. The van der Waals surface area contributed by atoms with E-state index in [1.54, 1.807) is 20.8 Å². The molecule has 12 amide bonds. The number of fused-ring (bicyclic) bond motifs is 3. The Hall–Kier alpha value is -7.40. The highest BCUT2D eigenvalue weighted by atomic mass is 19.4. The smallest absolute Gasteiger partial charge is 0.377 e. The van der Waals surface area contributed by atoms with Crippen LogP contribution in [-0.2, 0) is 62.3 Å². The van der Waals surface area contributed by atoms with Gasteiger partial charge in [-0.05, 0) is 140 Å². The molecule has 4 saturated carbocycles. The molecule has 3 saturated heterocycles. The molecule has 3 N–H and O–H groups in total. The van der Waals surface area contributed by atoms with E-state index in [4.69, 9.17) is 11.2 Å².